The molecule has 0 saturated heterocycles. The highest BCUT2D eigenvalue weighted by Gasteiger charge is 2.07. The Morgan fingerprint density at radius 3 is 2.90 bits per heavy atom. The molecule has 2 aromatic rings. The van der Waals surface area contributed by atoms with Gasteiger partial charge in [-0.05, 0) is 30.0 Å². The first kappa shape index (κ1) is 14.2. The van der Waals surface area contributed by atoms with Crippen LogP contribution in [-0.4, -0.2) is 30.0 Å². The van der Waals surface area contributed by atoms with Gasteiger partial charge in [0.1, 0.15) is 0 Å². The van der Waals surface area contributed by atoms with Crippen LogP contribution < -0.4 is 5.32 Å². The van der Waals surface area contributed by atoms with Crippen LogP contribution in [0, 0.1) is 0 Å². The SMILES string of the molecule is O=C(OCCCNC(=O)c1cccs1)c1cccnc1. The average Bonchev–Trinajstić information content (AvgIpc) is 3.01. The zero-order chi connectivity index (χ0) is 14.2. The zero-order valence-electron chi connectivity index (χ0n) is 10.7. The van der Waals surface area contributed by atoms with Gasteiger partial charge in [0.2, 0.25) is 0 Å². The van der Waals surface area contributed by atoms with E-state index < -0.39 is 5.97 Å². The van der Waals surface area contributed by atoms with Crippen molar-refractivity contribution >= 4 is 23.2 Å². The van der Waals surface area contributed by atoms with Crippen LogP contribution in [-0.2, 0) is 4.74 Å². The van der Waals surface area contributed by atoms with Crippen molar-refractivity contribution in [3.05, 3.63) is 52.5 Å². The largest absolute Gasteiger partial charge is 0.462 e. The molecule has 0 aromatic carbocycles. The van der Waals surface area contributed by atoms with E-state index in [1.165, 1.54) is 17.5 Å². The van der Waals surface area contributed by atoms with Crippen LogP contribution in [0.5, 0.6) is 0 Å². The van der Waals surface area contributed by atoms with Gasteiger partial charge in [-0.15, -0.1) is 11.3 Å². The van der Waals surface area contributed by atoms with Crippen LogP contribution in [0.1, 0.15) is 26.5 Å². The lowest BCUT2D eigenvalue weighted by molar-refractivity contribution is 0.0500. The van der Waals surface area contributed by atoms with Gasteiger partial charge in [0.05, 0.1) is 17.0 Å². The Morgan fingerprint density at radius 1 is 1.30 bits per heavy atom. The second-order valence-electron chi connectivity index (χ2n) is 3.96. The van der Waals surface area contributed by atoms with E-state index in [0.717, 1.165) is 0 Å². The number of ether oxygens (including phenoxy) is 1. The first-order valence-corrected chi connectivity index (χ1v) is 7.04. The van der Waals surface area contributed by atoms with Gasteiger partial charge < -0.3 is 10.1 Å². The molecule has 6 heteroatoms. The fraction of sp³-hybridized carbons (Fsp3) is 0.214. The summed E-state index contributed by atoms with van der Waals surface area (Å²) in [6.45, 7) is 0.732. The lowest BCUT2D eigenvalue weighted by Gasteiger charge is -2.05. The summed E-state index contributed by atoms with van der Waals surface area (Å²) in [5.74, 6) is -0.499. The number of esters is 1. The van der Waals surface area contributed by atoms with Crippen molar-refractivity contribution in [1.82, 2.24) is 10.3 Å². The molecule has 0 atom stereocenters. The smallest absolute Gasteiger partial charge is 0.339 e. The second kappa shape index (κ2) is 7.40. The lowest BCUT2D eigenvalue weighted by atomic mass is 10.3. The van der Waals surface area contributed by atoms with Gasteiger partial charge in [-0.2, -0.15) is 0 Å². The molecule has 0 radical (unpaired) electrons. The first-order valence-electron chi connectivity index (χ1n) is 6.16. The van der Waals surface area contributed by atoms with Gasteiger partial charge in [-0.25, -0.2) is 4.79 Å². The molecule has 0 aliphatic heterocycles. The quantitative estimate of drug-likeness (QED) is 0.653. The Labute approximate surface area is 120 Å². The molecule has 0 bridgehead atoms. The Kier molecular flexibility index (Phi) is 5.25. The molecule has 1 N–H and O–H groups in total. The topological polar surface area (TPSA) is 68.3 Å². The van der Waals surface area contributed by atoms with Crippen molar-refractivity contribution in [2.75, 3.05) is 13.2 Å². The van der Waals surface area contributed by atoms with E-state index in [4.69, 9.17) is 4.74 Å². The highest BCUT2D eigenvalue weighted by atomic mass is 32.1. The number of pyridine rings is 1. The molecule has 0 unspecified atom stereocenters. The standard InChI is InChI=1S/C14H14N2O3S/c17-13(12-5-2-9-20-12)16-7-3-8-19-14(18)11-4-1-6-15-10-11/h1-2,4-6,9-10H,3,7-8H2,(H,16,17). The van der Waals surface area contributed by atoms with Crippen molar-refractivity contribution in [2.45, 2.75) is 6.42 Å². The maximum Gasteiger partial charge on any atom is 0.339 e. The Morgan fingerprint density at radius 2 is 2.20 bits per heavy atom. The van der Waals surface area contributed by atoms with Crippen molar-refractivity contribution in [3.63, 3.8) is 0 Å². The van der Waals surface area contributed by atoms with Gasteiger partial charge in [-0.3, -0.25) is 9.78 Å². The average molecular weight is 290 g/mol. The number of nitrogens with one attached hydrogen (secondary N) is 1. The number of carbonyl (C=O) groups is 2. The molecule has 0 saturated carbocycles. The minimum absolute atomic E-state index is 0.0985. The number of thiophene rings is 1. The van der Waals surface area contributed by atoms with Crippen LogP contribution in [0.25, 0.3) is 0 Å². The van der Waals surface area contributed by atoms with E-state index in [1.807, 2.05) is 11.4 Å². The fourth-order valence-electron chi connectivity index (χ4n) is 1.50. The number of nitrogens with zero attached hydrogens (tertiary/aromatic N) is 1. The summed E-state index contributed by atoms with van der Waals surface area (Å²) >= 11 is 1.39. The summed E-state index contributed by atoms with van der Waals surface area (Å²) in [6.07, 6.45) is 3.63. The maximum atomic E-state index is 11.6. The summed E-state index contributed by atoms with van der Waals surface area (Å²) in [5.41, 5.74) is 0.426. The minimum atomic E-state index is -0.400. The second-order valence-corrected chi connectivity index (χ2v) is 4.91. The molecule has 2 heterocycles. The third kappa shape index (κ3) is 4.17. The summed E-state index contributed by atoms with van der Waals surface area (Å²) in [6, 6.07) is 6.92. The Hall–Kier alpha value is -2.21. The van der Waals surface area contributed by atoms with Crippen LogP contribution in [0.3, 0.4) is 0 Å². The summed E-state index contributed by atoms with van der Waals surface area (Å²) in [7, 11) is 0. The molecular formula is C14H14N2O3S. The highest BCUT2D eigenvalue weighted by molar-refractivity contribution is 7.12. The van der Waals surface area contributed by atoms with Crippen LogP contribution >= 0.6 is 11.3 Å². The van der Waals surface area contributed by atoms with Gasteiger partial charge in [0.25, 0.3) is 5.91 Å². The van der Waals surface area contributed by atoms with E-state index in [1.54, 1.807) is 24.4 Å². The van der Waals surface area contributed by atoms with Gasteiger partial charge in [-0.1, -0.05) is 6.07 Å². The number of hydrogen-bond donors (Lipinski definition) is 1. The number of rotatable bonds is 6. The van der Waals surface area contributed by atoms with Gasteiger partial charge in [0, 0.05) is 18.9 Å². The summed E-state index contributed by atoms with van der Waals surface area (Å²) in [4.78, 5) is 27.7. The number of hydrogen-bond acceptors (Lipinski definition) is 5. The third-order valence-corrected chi connectivity index (χ3v) is 3.35. The minimum Gasteiger partial charge on any atom is -0.462 e. The number of amides is 1. The molecular weight excluding hydrogens is 276 g/mol. The number of aromatic nitrogens is 1. The number of carbonyl (C=O) groups excluding carboxylic acids is 2. The van der Waals surface area contributed by atoms with Crippen molar-refractivity contribution in [1.29, 1.82) is 0 Å². The zero-order valence-corrected chi connectivity index (χ0v) is 11.6. The molecule has 1 amide bonds. The molecule has 0 aliphatic rings. The van der Waals surface area contributed by atoms with E-state index in [2.05, 4.69) is 10.3 Å². The van der Waals surface area contributed by atoms with Crippen molar-refractivity contribution < 1.29 is 14.3 Å². The molecule has 2 rings (SSSR count). The molecule has 104 valence electrons. The molecule has 20 heavy (non-hydrogen) atoms. The monoisotopic (exact) mass is 290 g/mol. The van der Waals surface area contributed by atoms with E-state index in [9.17, 15) is 9.59 Å². The van der Waals surface area contributed by atoms with Gasteiger partial charge in [0.15, 0.2) is 0 Å². The maximum absolute atomic E-state index is 11.6. The lowest BCUT2D eigenvalue weighted by Crippen LogP contribution is -2.24. The molecule has 0 fully saturated rings. The molecule has 0 aliphatic carbocycles. The normalized spacial score (nSPS) is 10.0. The van der Waals surface area contributed by atoms with Crippen LogP contribution in [0.15, 0.2) is 42.0 Å². The molecule has 2 aromatic heterocycles. The van der Waals surface area contributed by atoms with E-state index in [0.29, 0.717) is 23.4 Å². The highest BCUT2D eigenvalue weighted by Crippen LogP contribution is 2.07. The van der Waals surface area contributed by atoms with E-state index in [-0.39, 0.29) is 12.5 Å². The Bertz CT molecular complexity index is 555. The summed E-state index contributed by atoms with van der Waals surface area (Å²) < 4.78 is 5.07. The predicted molar refractivity (Wildman–Crippen MR) is 75.8 cm³/mol. The van der Waals surface area contributed by atoms with Crippen molar-refractivity contribution in [3.8, 4) is 0 Å². The summed E-state index contributed by atoms with van der Waals surface area (Å²) in [5, 5.41) is 4.62. The fourth-order valence-corrected chi connectivity index (χ4v) is 2.14. The van der Waals surface area contributed by atoms with Gasteiger partial charge >= 0.3 is 5.97 Å². The molecule has 0 spiro atoms. The molecule has 5 nitrogen and oxygen atoms in total. The first-order chi connectivity index (χ1) is 9.77. The van der Waals surface area contributed by atoms with E-state index >= 15 is 0 Å². The predicted octanol–water partition coefficient (Wildman–Crippen LogP) is 2.12. The third-order valence-electron chi connectivity index (χ3n) is 2.48. The van der Waals surface area contributed by atoms with Crippen molar-refractivity contribution in [2.24, 2.45) is 0 Å². The van der Waals surface area contributed by atoms with Crippen LogP contribution in [0.4, 0.5) is 0 Å². The van der Waals surface area contributed by atoms with Crippen LogP contribution in [0.2, 0.25) is 0 Å². The Balaban J connectivity index is 1.62.